The molecule has 0 saturated heterocycles. The number of para-hydroxylation sites is 1. The smallest absolute Gasteiger partial charge is 0.326 e. The Bertz CT molecular complexity index is 1140. The van der Waals surface area contributed by atoms with Gasteiger partial charge in [0, 0.05) is 22.1 Å². The Kier molecular flexibility index (Phi) is 6.37. The molecular weight excluding hydrogens is 428 g/mol. The van der Waals surface area contributed by atoms with E-state index in [-0.39, 0.29) is 12.4 Å². The van der Waals surface area contributed by atoms with E-state index in [1.54, 1.807) is 55.5 Å². The zero-order chi connectivity index (χ0) is 22.7. The van der Waals surface area contributed by atoms with Gasteiger partial charge in [0.05, 0.1) is 12.5 Å². The molecule has 0 amide bonds. The number of ketones is 1. The van der Waals surface area contributed by atoms with Crippen LogP contribution in [0.5, 0.6) is 5.75 Å². The molecule has 4 rings (SSSR count). The van der Waals surface area contributed by atoms with Crippen molar-refractivity contribution < 1.29 is 23.9 Å². The Morgan fingerprint density at radius 3 is 2.31 bits per heavy atom. The van der Waals surface area contributed by atoms with E-state index in [1.165, 1.54) is 0 Å². The molecule has 1 heterocycles. The summed E-state index contributed by atoms with van der Waals surface area (Å²) in [6.07, 6.45) is 0. The SMILES string of the molecule is CCOC(=O)[C@@H]1C(=O)Oc2ccccc2[C@H]1[C@@H](C(=O)c1ccc(Cl)cc1)c1ccccc1. The van der Waals surface area contributed by atoms with E-state index in [0.29, 0.717) is 27.5 Å². The van der Waals surface area contributed by atoms with Gasteiger partial charge in [0.1, 0.15) is 5.75 Å². The van der Waals surface area contributed by atoms with Crippen LogP contribution in [0.25, 0.3) is 0 Å². The fraction of sp³-hybridized carbons (Fsp3) is 0.192. The first-order chi connectivity index (χ1) is 15.5. The lowest BCUT2D eigenvalue weighted by Crippen LogP contribution is -2.42. The number of esters is 2. The third-order valence-electron chi connectivity index (χ3n) is 5.57. The number of carbonyl (C=O) groups is 3. The maximum absolute atomic E-state index is 13.9. The van der Waals surface area contributed by atoms with Crippen LogP contribution in [-0.2, 0) is 14.3 Å². The minimum Gasteiger partial charge on any atom is -0.465 e. The van der Waals surface area contributed by atoms with Crippen LogP contribution < -0.4 is 4.74 Å². The second-order valence-electron chi connectivity index (χ2n) is 7.47. The van der Waals surface area contributed by atoms with Crippen molar-refractivity contribution in [2.24, 2.45) is 5.92 Å². The van der Waals surface area contributed by atoms with Gasteiger partial charge in [-0.1, -0.05) is 60.1 Å². The Morgan fingerprint density at radius 1 is 0.969 bits per heavy atom. The van der Waals surface area contributed by atoms with Gasteiger partial charge >= 0.3 is 11.9 Å². The molecule has 0 aromatic heterocycles. The Morgan fingerprint density at radius 2 is 1.62 bits per heavy atom. The fourth-order valence-electron chi connectivity index (χ4n) is 4.17. The number of Topliss-reactive ketones (excluding diaryl/α,β-unsaturated/α-hetero) is 1. The van der Waals surface area contributed by atoms with E-state index in [1.807, 2.05) is 30.3 Å². The third kappa shape index (κ3) is 4.16. The molecule has 0 unspecified atom stereocenters. The molecule has 0 radical (unpaired) electrons. The highest BCUT2D eigenvalue weighted by atomic mass is 35.5. The van der Waals surface area contributed by atoms with Crippen LogP contribution in [0, 0.1) is 5.92 Å². The average molecular weight is 449 g/mol. The molecule has 3 atom stereocenters. The summed E-state index contributed by atoms with van der Waals surface area (Å²) in [5.41, 5.74) is 1.74. The zero-order valence-corrected chi connectivity index (χ0v) is 18.1. The predicted octanol–water partition coefficient (Wildman–Crippen LogP) is 5.19. The number of fused-ring (bicyclic) bond motifs is 1. The maximum atomic E-state index is 13.9. The Hall–Kier alpha value is -3.44. The maximum Gasteiger partial charge on any atom is 0.326 e. The van der Waals surface area contributed by atoms with Gasteiger partial charge in [-0.2, -0.15) is 0 Å². The highest BCUT2D eigenvalue weighted by Crippen LogP contribution is 2.47. The molecule has 32 heavy (non-hydrogen) atoms. The lowest BCUT2D eigenvalue weighted by atomic mass is 9.69. The highest BCUT2D eigenvalue weighted by molar-refractivity contribution is 6.30. The summed E-state index contributed by atoms with van der Waals surface area (Å²) in [6.45, 7) is 1.78. The summed E-state index contributed by atoms with van der Waals surface area (Å²) in [7, 11) is 0. The molecule has 6 heteroatoms. The predicted molar refractivity (Wildman–Crippen MR) is 120 cm³/mol. The summed E-state index contributed by atoms with van der Waals surface area (Å²) in [5, 5.41) is 0.508. The molecule has 3 aromatic rings. The van der Waals surface area contributed by atoms with E-state index in [0.717, 1.165) is 0 Å². The van der Waals surface area contributed by atoms with Crippen LogP contribution in [0.2, 0.25) is 5.02 Å². The molecule has 162 valence electrons. The molecule has 0 bridgehead atoms. The number of hydrogen-bond donors (Lipinski definition) is 0. The zero-order valence-electron chi connectivity index (χ0n) is 17.4. The minimum atomic E-state index is -1.27. The molecule has 0 fully saturated rings. The second kappa shape index (κ2) is 9.37. The van der Waals surface area contributed by atoms with Gasteiger partial charge in [-0.3, -0.25) is 14.4 Å². The number of rotatable bonds is 6. The van der Waals surface area contributed by atoms with Crippen LogP contribution in [0.15, 0.2) is 78.9 Å². The van der Waals surface area contributed by atoms with Crippen molar-refractivity contribution in [2.75, 3.05) is 6.61 Å². The van der Waals surface area contributed by atoms with Gasteiger partial charge in [-0.25, -0.2) is 0 Å². The van der Waals surface area contributed by atoms with Crippen LogP contribution in [0.1, 0.15) is 40.2 Å². The first-order valence-electron chi connectivity index (χ1n) is 10.3. The van der Waals surface area contributed by atoms with E-state index in [4.69, 9.17) is 21.1 Å². The summed E-state index contributed by atoms with van der Waals surface area (Å²) >= 11 is 6.01. The van der Waals surface area contributed by atoms with Crippen molar-refractivity contribution in [1.29, 1.82) is 0 Å². The van der Waals surface area contributed by atoms with Gasteiger partial charge in [-0.15, -0.1) is 0 Å². The lowest BCUT2D eigenvalue weighted by Gasteiger charge is -2.35. The van der Waals surface area contributed by atoms with Crippen molar-refractivity contribution in [3.8, 4) is 5.75 Å². The number of ether oxygens (including phenoxy) is 2. The molecule has 0 aliphatic carbocycles. The normalized spacial score (nSPS) is 18.2. The Labute approximate surface area is 190 Å². The molecule has 0 spiro atoms. The lowest BCUT2D eigenvalue weighted by molar-refractivity contribution is -0.159. The number of benzene rings is 3. The minimum absolute atomic E-state index is 0.109. The molecular formula is C26H21ClO5. The quantitative estimate of drug-likeness (QED) is 0.225. The van der Waals surface area contributed by atoms with Gasteiger partial charge < -0.3 is 9.47 Å². The molecule has 1 aliphatic rings. The van der Waals surface area contributed by atoms with Gasteiger partial charge in [0.25, 0.3) is 0 Å². The number of carbonyl (C=O) groups excluding carboxylic acids is 3. The first-order valence-corrected chi connectivity index (χ1v) is 10.7. The fourth-order valence-corrected chi connectivity index (χ4v) is 4.30. The van der Waals surface area contributed by atoms with Gasteiger partial charge in [-0.05, 0) is 42.8 Å². The van der Waals surface area contributed by atoms with Crippen molar-refractivity contribution in [1.82, 2.24) is 0 Å². The number of hydrogen-bond acceptors (Lipinski definition) is 5. The van der Waals surface area contributed by atoms with Crippen molar-refractivity contribution in [3.05, 3.63) is 101 Å². The van der Waals surface area contributed by atoms with Crippen LogP contribution in [0.3, 0.4) is 0 Å². The van der Waals surface area contributed by atoms with E-state index < -0.39 is 29.7 Å². The molecule has 0 saturated carbocycles. The molecule has 1 aliphatic heterocycles. The first kappa shape index (κ1) is 21.8. The van der Waals surface area contributed by atoms with Gasteiger partial charge in [0.2, 0.25) is 0 Å². The molecule has 3 aromatic carbocycles. The summed E-state index contributed by atoms with van der Waals surface area (Å²) < 4.78 is 10.7. The van der Waals surface area contributed by atoms with Crippen LogP contribution in [0.4, 0.5) is 0 Å². The summed E-state index contributed by atoms with van der Waals surface area (Å²) in [5.74, 6) is -4.20. The molecule has 5 nitrogen and oxygen atoms in total. The average Bonchev–Trinajstić information content (AvgIpc) is 2.80. The van der Waals surface area contributed by atoms with E-state index in [2.05, 4.69) is 0 Å². The van der Waals surface area contributed by atoms with Gasteiger partial charge in [0.15, 0.2) is 11.7 Å². The Balaban J connectivity index is 1.92. The van der Waals surface area contributed by atoms with E-state index in [9.17, 15) is 14.4 Å². The third-order valence-corrected chi connectivity index (χ3v) is 5.82. The number of halogens is 1. The largest absolute Gasteiger partial charge is 0.465 e. The van der Waals surface area contributed by atoms with Crippen molar-refractivity contribution in [3.63, 3.8) is 0 Å². The van der Waals surface area contributed by atoms with E-state index >= 15 is 0 Å². The monoisotopic (exact) mass is 448 g/mol. The summed E-state index contributed by atoms with van der Waals surface area (Å²) in [4.78, 5) is 39.7. The van der Waals surface area contributed by atoms with Crippen molar-refractivity contribution in [2.45, 2.75) is 18.8 Å². The standard InChI is InChI=1S/C26H21ClO5/c1-2-31-25(29)23-22(19-10-6-7-11-20(19)32-26(23)30)21(16-8-4-3-5-9-16)24(28)17-12-14-18(27)15-13-17/h3-15,21-23H,2H2,1H3/t21-,22-,23+/m0/s1. The topological polar surface area (TPSA) is 69.7 Å². The molecule has 0 N–H and O–H groups in total. The van der Waals surface area contributed by atoms with Crippen molar-refractivity contribution >= 4 is 29.3 Å². The second-order valence-corrected chi connectivity index (χ2v) is 7.91. The van der Waals surface area contributed by atoms with Crippen LogP contribution >= 0.6 is 11.6 Å². The summed E-state index contributed by atoms with van der Waals surface area (Å²) in [6, 6.07) is 22.7. The van der Waals surface area contributed by atoms with Crippen LogP contribution in [-0.4, -0.2) is 24.3 Å². The highest BCUT2D eigenvalue weighted by Gasteiger charge is 2.49.